The molecule has 1 atom stereocenters. The Labute approximate surface area is 130 Å². The van der Waals surface area contributed by atoms with Gasteiger partial charge in [0.15, 0.2) is 0 Å². The van der Waals surface area contributed by atoms with Crippen molar-refractivity contribution in [1.29, 1.82) is 0 Å². The van der Waals surface area contributed by atoms with Crippen molar-refractivity contribution in [1.82, 2.24) is 10.2 Å². The van der Waals surface area contributed by atoms with E-state index in [0.717, 1.165) is 31.5 Å². The van der Waals surface area contributed by atoms with Crippen LogP contribution in [-0.2, 0) is 6.42 Å². The number of nitrogens with one attached hydrogen (secondary N) is 1. The minimum absolute atomic E-state index is 0.459. The molecule has 0 spiro atoms. The lowest BCUT2D eigenvalue weighted by atomic mass is 10.0. The molecule has 0 amide bonds. The quantitative estimate of drug-likeness (QED) is 0.738. The maximum absolute atomic E-state index is 3.68. The van der Waals surface area contributed by atoms with E-state index in [1.54, 1.807) is 0 Å². The molecule has 2 rings (SSSR count). The van der Waals surface area contributed by atoms with Crippen LogP contribution >= 0.6 is 0 Å². The second kappa shape index (κ2) is 7.95. The zero-order valence-electron chi connectivity index (χ0n) is 14.2. The lowest BCUT2D eigenvalue weighted by molar-refractivity contribution is 0.210. The third-order valence-electron chi connectivity index (χ3n) is 4.32. The first-order valence-electron chi connectivity index (χ1n) is 8.70. The van der Waals surface area contributed by atoms with Gasteiger partial charge in [-0.1, -0.05) is 52.0 Å². The summed E-state index contributed by atoms with van der Waals surface area (Å²) < 4.78 is 0. The largest absolute Gasteiger partial charge is 0.309 e. The summed E-state index contributed by atoms with van der Waals surface area (Å²) in [5, 5.41) is 3.68. The second-order valence-corrected chi connectivity index (χ2v) is 6.78. The Balaban J connectivity index is 2.05. The van der Waals surface area contributed by atoms with Crippen LogP contribution in [-0.4, -0.2) is 30.6 Å². The first-order chi connectivity index (χ1) is 10.1. The number of hydrogen-bond acceptors (Lipinski definition) is 2. The van der Waals surface area contributed by atoms with Crippen LogP contribution in [0.3, 0.4) is 0 Å². The summed E-state index contributed by atoms with van der Waals surface area (Å²) in [4.78, 5) is 2.70. The first-order valence-corrected chi connectivity index (χ1v) is 8.70. The van der Waals surface area contributed by atoms with Crippen LogP contribution in [0.1, 0.15) is 57.7 Å². The Morgan fingerprint density at radius 3 is 2.24 bits per heavy atom. The zero-order valence-corrected chi connectivity index (χ0v) is 14.2. The summed E-state index contributed by atoms with van der Waals surface area (Å²) >= 11 is 0. The van der Waals surface area contributed by atoms with Crippen LogP contribution in [0.5, 0.6) is 0 Å². The lowest BCUT2D eigenvalue weighted by Gasteiger charge is -2.29. The number of aryl methyl sites for hydroxylation is 1. The SMILES string of the molecule is CCNC(CN(CC(C)C)C1CC1)c1ccc(CC)cc1. The van der Waals surface area contributed by atoms with Gasteiger partial charge in [-0.2, -0.15) is 0 Å². The minimum atomic E-state index is 0.459. The molecule has 1 aliphatic carbocycles. The smallest absolute Gasteiger partial charge is 0.0449 e. The molecule has 21 heavy (non-hydrogen) atoms. The van der Waals surface area contributed by atoms with Gasteiger partial charge in [0.1, 0.15) is 0 Å². The van der Waals surface area contributed by atoms with Gasteiger partial charge < -0.3 is 5.32 Å². The predicted molar refractivity (Wildman–Crippen MR) is 91.7 cm³/mol. The average molecular weight is 288 g/mol. The summed E-state index contributed by atoms with van der Waals surface area (Å²) in [6.07, 6.45) is 3.90. The molecule has 118 valence electrons. The highest BCUT2D eigenvalue weighted by Gasteiger charge is 2.30. The van der Waals surface area contributed by atoms with Crippen molar-refractivity contribution in [2.45, 2.75) is 59.0 Å². The number of nitrogens with zero attached hydrogens (tertiary/aromatic N) is 1. The molecule has 0 aromatic heterocycles. The van der Waals surface area contributed by atoms with Gasteiger partial charge in [0, 0.05) is 25.2 Å². The highest BCUT2D eigenvalue weighted by Crippen LogP contribution is 2.29. The second-order valence-electron chi connectivity index (χ2n) is 6.78. The zero-order chi connectivity index (χ0) is 15.2. The van der Waals surface area contributed by atoms with E-state index in [1.165, 1.54) is 30.5 Å². The number of likely N-dealkylation sites (N-methyl/N-ethyl adjacent to an activating group) is 1. The van der Waals surface area contributed by atoms with E-state index in [4.69, 9.17) is 0 Å². The van der Waals surface area contributed by atoms with Gasteiger partial charge in [-0.25, -0.2) is 0 Å². The van der Waals surface area contributed by atoms with Gasteiger partial charge >= 0.3 is 0 Å². The third-order valence-corrected chi connectivity index (χ3v) is 4.32. The van der Waals surface area contributed by atoms with Gasteiger partial charge in [0.2, 0.25) is 0 Å². The highest BCUT2D eigenvalue weighted by molar-refractivity contribution is 5.25. The topological polar surface area (TPSA) is 15.3 Å². The molecule has 0 aliphatic heterocycles. The van der Waals surface area contributed by atoms with Crippen molar-refractivity contribution >= 4 is 0 Å². The van der Waals surface area contributed by atoms with E-state index < -0.39 is 0 Å². The fourth-order valence-electron chi connectivity index (χ4n) is 3.04. The Bertz CT molecular complexity index is 406. The summed E-state index contributed by atoms with van der Waals surface area (Å²) in [6.45, 7) is 12.5. The predicted octanol–water partition coefficient (Wildman–Crippen LogP) is 4.02. The number of hydrogen-bond donors (Lipinski definition) is 1. The number of benzene rings is 1. The lowest BCUT2D eigenvalue weighted by Crippen LogP contribution is -2.38. The maximum atomic E-state index is 3.68. The Hall–Kier alpha value is -0.860. The molecule has 2 nitrogen and oxygen atoms in total. The summed E-state index contributed by atoms with van der Waals surface area (Å²) in [6, 6.07) is 10.5. The van der Waals surface area contributed by atoms with Crippen LogP contribution in [0, 0.1) is 5.92 Å². The monoisotopic (exact) mass is 288 g/mol. The summed E-state index contributed by atoms with van der Waals surface area (Å²) in [5.41, 5.74) is 2.86. The van der Waals surface area contributed by atoms with Crippen molar-refractivity contribution in [2.24, 2.45) is 5.92 Å². The molecular formula is C19H32N2. The van der Waals surface area contributed by atoms with Crippen molar-refractivity contribution in [3.05, 3.63) is 35.4 Å². The average Bonchev–Trinajstić information content (AvgIpc) is 3.30. The molecule has 0 saturated heterocycles. The van der Waals surface area contributed by atoms with Gasteiger partial charge in [0.25, 0.3) is 0 Å². The summed E-state index contributed by atoms with van der Waals surface area (Å²) in [7, 11) is 0. The van der Waals surface area contributed by atoms with Crippen LogP contribution < -0.4 is 5.32 Å². The van der Waals surface area contributed by atoms with E-state index >= 15 is 0 Å². The summed E-state index contributed by atoms with van der Waals surface area (Å²) in [5.74, 6) is 0.746. The van der Waals surface area contributed by atoms with Crippen LogP contribution in [0.4, 0.5) is 0 Å². The van der Waals surface area contributed by atoms with E-state index in [2.05, 4.69) is 62.2 Å². The van der Waals surface area contributed by atoms with Gasteiger partial charge in [0.05, 0.1) is 0 Å². The van der Waals surface area contributed by atoms with Gasteiger partial charge in [-0.3, -0.25) is 4.90 Å². The normalized spacial score (nSPS) is 16.7. The Morgan fingerprint density at radius 2 is 1.76 bits per heavy atom. The molecule has 1 aromatic carbocycles. The van der Waals surface area contributed by atoms with Crippen molar-refractivity contribution in [2.75, 3.05) is 19.6 Å². The first kappa shape index (κ1) is 16.5. The molecule has 1 fully saturated rings. The molecule has 1 saturated carbocycles. The standard InChI is InChI=1S/C19H32N2/c1-5-16-7-9-17(10-8-16)19(20-6-2)14-21(13-15(3)4)18-11-12-18/h7-10,15,18-20H,5-6,11-14H2,1-4H3. The van der Waals surface area contributed by atoms with Crippen LogP contribution in [0.2, 0.25) is 0 Å². The molecule has 1 unspecified atom stereocenters. The van der Waals surface area contributed by atoms with Gasteiger partial charge in [-0.05, 0) is 42.9 Å². The Morgan fingerprint density at radius 1 is 1.10 bits per heavy atom. The van der Waals surface area contributed by atoms with Crippen LogP contribution in [0.25, 0.3) is 0 Å². The third kappa shape index (κ3) is 5.12. The fourth-order valence-corrected chi connectivity index (χ4v) is 3.04. The molecular weight excluding hydrogens is 256 g/mol. The van der Waals surface area contributed by atoms with Crippen molar-refractivity contribution in [3.8, 4) is 0 Å². The fraction of sp³-hybridized carbons (Fsp3) is 0.684. The molecule has 1 aromatic rings. The van der Waals surface area contributed by atoms with E-state index in [0.29, 0.717) is 6.04 Å². The van der Waals surface area contributed by atoms with Crippen LogP contribution in [0.15, 0.2) is 24.3 Å². The highest BCUT2D eigenvalue weighted by atomic mass is 15.2. The molecule has 1 N–H and O–H groups in total. The minimum Gasteiger partial charge on any atom is -0.309 e. The molecule has 0 heterocycles. The maximum Gasteiger partial charge on any atom is 0.0449 e. The van der Waals surface area contributed by atoms with Crippen molar-refractivity contribution in [3.63, 3.8) is 0 Å². The van der Waals surface area contributed by atoms with E-state index in [-0.39, 0.29) is 0 Å². The molecule has 2 heteroatoms. The molecule has 0 bridgehead atoms. The molecule has 0 radical (unpaired) electrons. The molecule has 1 aliphatic rings. The van der Waals surface area contributed by atoms with E-state index in [1.807, 2.05) is 0 Å². The van der Waals surface area contributed by atoms with Crippen molar-refractivity contribution < 1.29 is 0 Å². The van der Waals surface area contributed by atoms with Gasteiger partial charge in [-0.15, -0.1) is 0 Å². The number of rotatable bonds is 9. The van der Waals surface area contributed by atoms with E-state index in [9.17, 15) is 0 Å². The Kier molecular flexibility index (Phi) is 6.25.